The monoisotopic (exact) mass is 371 g/mol. The van der Waals surface area contributed by atoms with Gasteiger partial charge in [0, 0.05) is 16.1 Å². The molecule has 3 rings (SSSR count). The Kier molecular flexibility index (Phi) is 4.63. The number of nitriles is 1. The summed E-state index contributed by atoms with van der Waals surface area (Å²) in [6.07, 6.45) is 0. The summed E-state index contributed by atoms with van der Waals surface area (Å²) in [5.41, 5.74) is 9.47. The van der Waals surface area contributed by atoms with Gasteiger partial charge < -0.3 is 5.73 Å². The van der Waals surface area contributed by atoms with E-state index < -0.39 is 0 Å². The van der Waals surface area contributed by atoms with Crippen molar-refractivity contribution in [3.8, 4) is 28.5 Å². The average Bonchev–Trinajstić information content (AvgIpc) is 2.57. The number of nitrogen functional groups attached to an aromatic ring is 1. The number of nitrogens with two attached hydrogens (primary N) is 1. The fourth-order valence-corrected chi connectivity index (χ4v) is 3.23. The van der Waals surface area contributed by atoms with Crippen LogP contribution in [0.4, 0.5) is 10.2 Å². The first-order chi connectivity index (χ1) is 11.9. The van der Waals surface area contributed by atoms with E-state index in [0.717, 1.165) is 5.56 Å². The molecule has 3 nitrogen and oxygen atoms in total. The third-order valence-electron chi connectivity index (χ3n) is 3.90. The summed E-state index contributed by atoms with van der Waals surface area (Å²) < 4.78 is 13.3. The number of pyridine rings is 1. The topological polar surface area (TPSA) is 62.7 Å². The van der Waals surface area contributed by atoms with Crippen LogP contribution in [0.25, 0.3) is 22.4 Å². The van der Waals surface area contributed by atoms with E-state index in [9.17, 15) is 9.65 Å². The molecule has 0 saturated carbocycles. The summed E-state index contributed by atoms with van der Waals surface area (Å²) in [5.74, 6) is -0.267. The Bertz CT molecular complexity index is 1010. The molecule has 0 saturated heterocycles. The van der Waals surface area contributed by atoms with Gasteiger partial charge in [-0.3, -0.25) is 0 Å². The van der Waals surface area contributed by atoms with Gasteiger partial charge in [0.05, 0.1) is 10.7 Å². The van der Waals surface area contributed by atoms with Crippen molar-refractivity contribution in [2.75, 3.05) is 5.73 Å². The Morgan fingerprint density at radius 2 is 1.80 bits per heavy atom. The molecular weight excluding hydrogens is 360 g/mol. The smallest absolute Gasteiger partial charge is 0.142 e. The lowest BCUT2D eigenvalue weighted by molar-refractivity contribution is 0.628. The average molecular weight is 372 g/mol. The summed E-state index contributed by atoms with van der Waals surface area (Å²) in [6, 6.07) is 13.0. The Hall–Kier alpha value is -2.61. The second-order valence-corrected chi connectivity index (χ2v) is 6.31. The maximum Gasteiger partial charge on any atom is 0.142 e. The minimum atomic E-state index is -0.358. The number of rotatable bonds is 2. The van der Waals surface area contributed by atoms with Gasteiger partial charge in [0.25, 0.3) is 0 Å². The quantitative estimate of drug-likeness (QED) is 0.635. The van der Waals surface area contributed by atoms with E-state index in [1.165, 1.54) is 12.1 Å². The van der Waals surface area contributed by atoms with Crippen molar-refractivity contribution < 1.29 is 4.39 Å². The minimum Gasteiger partial charge on any atom is -0.383 e. The molecular formula is C19H12Cl2FN3. The van der Waals surface area contributed by atoms with E-state index in [4.69, 9.17) is 28.9 Å². The maximum atomic E-state index is 13.3. The number of benzene rings is 2. The summed E-state index contributed by atoms with van der Waals surface area (Å²) in [4.78, 5) is 4.36. The first-order valence-electron chi connectivity index (χ1n) is 7.34. The second kappa shape index (κ2) is 6.72. The molecule has 1 aromatic heterocycles. The van der Waals surface area contributed by atoms with Crippen LogP contribution in [-0.2, 0) is 0 Å². The molecule has 0 aliphatic heterocycles. The van der Waals surface area contributed by atoms with E-state index in [2.05, 4.69) is 11.1 Å². The molecule has 0 unspecified atom stereocenters. The molecule has 25 heavy (non-hydrogen) atoms. The molecule has 0 fully saturated rings. The Morgan fingerprint density at radius 3 is 2.40 bits per heavy atom. The van der Waals surface area contributed by atoms with Crippen molar-refractivity contribution in [2.24, 2.45) is 0 Å². The third kappa shape index (κ3) is 3.17. The molecule has 6 heteroatoms. The van der Waals surface area contributed by atoms with Gasteiger partial charge in [-0.05, 0) is 48.4 Å². The van der Waals surface area contributed by atoms with Crippen LogP contribution in [0.15, 0.2) is 42.5 Å². The normalized spacial score (nSPS) is 10.5. The Balaban J connectivity index is 2.33. The SMILES string of the molecule is Cc1c(-c2ccc(Cl)cc2Cl)nc(N)c(C#N)c1-c1ccc(F)cc1. The molecule has 0 amide bonds. The highest BCUT2D eigenvalue weighted by atomic mass is 35.5. The van der Waals surface area contributed by atoms with Crippen LogP contribution < -0.4 is 5.73 Å². The third-order valence-corrected chi connectivity index (χ3v) is 4.45. The highest BCUT2D eigenvalue weighted by molar-refractivity contribution is 6.36. The van der Waals surface area contributed by atoms with Crippen molar-refractivity contribution >= 4 is 29.0 Å². The van der Waals surface area contributed by atoms with Crippen LogP contribution in [-0.4, -0.2) is 4.98 Å². The van der Waals surface area contributed by atoms with Crippen LogP contribution >= 0.6 is 23.2 Å². The molecule has 3 aromatic rings. The molecule has 0 atom stereocenters. The van der Waals surface area contributed by atoms with E-state index in [-0.39, 0.29) is 17.2 Å². The molecule has 0 aliphatic carbocycles. The van der Waals surface area contributed by atoms with Gasteiger partial charge in [0.1, 0.15) is 23.3 Å². The largest absolute Gasteiger partial charge is 0.383 e. The van der Waals surface area contributed by atoms with Gasteiger partial charge in [-0.2, -0.15) is 5.26 Å². The highest BCUT2D eigenvalue weighted by Crippen LogP contribution is 2.38. The predicted octanol–water partition coefficient (Wildman–Crippen LogP) is 5.62. The van der Waals surface area contributed by atoms with E-state index in [0.29, 0.717) is 32.4 Å². The zero-order valence-corrected chi connectivity index (χ0v) is 14.7. The summed E-state index contributed by atoms with van der Waals surface area (Å²) in [5, 5.41) is 10.4. The lowest BCUT2D eigenvalue weighted by Gasteiger charge is -2.16. The zero-order valence-electron chi connectivity index (χ0n) is 13.1. The molecule has 0 spiro atoms. The lowest BCUT2D eigenvalue weighted by Crippen LogP contribution is -2.03. The van der Waals surface area contributed by atoms with E-state index in [1.807, 2.05) is 6.92 Å². The second-order valence-electron chi connectivity index (χ2n) is 5.46. The van der Waals surface area contributed by atoms with Crippen molar-refractivity contribution in [3.63, 3.8) is 0 Å². The highest BCUT2D eigenvalue weighted by Gasteiger charge is 2.19. The van der Waals surface area contributed by atoms with Crippen molar-refractivity contribution in [3.05, 3.63) is 69.5 Å². The molecule has 124 valence electrons. The van der Waals surface area contributed by atoms with Crippen LogP contribution in [0, 0.1) is 24.1 Å². The number of anilines is 1. The summed E-state index contributed by atoms with van der Waals surface area (Å²) >= 11 is 12.3. The van der Waals surface area contributed by atoms with Crippen LogP contribution in [0.2, 0.25) is 10.0 Å². The van der Waals surface area contributed by atoms with Crippen molar-refractivity contribution in [1.29, 1.82) is 5.26 Å². The van der Waals surface area contributed by atoms with Gasteiger partial charge in [-0.1, -0.05) is 35.3 Å². The first kappa shape index (κ1) is 17.2. The fourth-order valence-electron chi connectivity index (χ4n) is 2.73. The van der Waals surface area contributed by atoms with Crippen molar-refractivity contribution in [1.82, 2.24) is 4.98 Å². The number of hydrogen-bond acceptors (Lipinski definition) is 3. The molecule has 1 heterocycles. The fraction of sp³-hybridized carbons (Fsp3) is 0.0526. The number of nitrogens with zero attached hydrogens (tertiary/aromatic N) is 2. The summed E-state index contributed by atoms with van der Waals surface area (Å²) in [6.45, 7) is 1.83. The van der Waals surface area contributed by atoms with Crippen molar-refractivity contribution in [2.45, 2.75) is 6.92 Å². The summed E-state index contributed by atoms with van der Waals surface area (Å²) in [7, 11) is 0. The Morgan fingerprint density at radius 1 is 1.12 bits per heavy atom. The minimum absolute atomic E-state index is 0.0911. The van der Waals surface area contributed by atoms with Crippen LogP contribution in [0.1, 0.15) is 11.1 Å². The standard InChI is InChI=1S/C19H12Cl2FN3/c1-10-17(11-2-5-13(22)6-3-11)15(9-23)19(24)25-18(10)14-7-4-12(20)8-16(14)21/h2-8H,1H3,(H2,24,25). The molecule has 2 aromatic carbocycles. The van der Waals surface area contributed by atoms with Gasteiger partial charge in [-0.25, -0.2) is 9.37 Å². The zero-order chi connectivity index (χ0) is 18.1. The van der Waals surface area contributed by atoms with Gasteiger partial charge >= 0.3 is 0 Å². The van der Waals surface area contributed by atoms with Crippen LogP contribution in [0.3, 0.4) is 0 Å². The van der Waals surface area contributed by atoms with E-state index >= 15 is 0 Å². The molecule has 0 radical (unpaired) electrons. The number of hydrogen-bond donors (Lipinski definition) is 1. The number of halogens is 3. The Labute approximate surface area is 154 Å². The number of aromatic nitrogens is 1. The maximum absolute atomic E-state index is 13.3. The van der Waals surface area contributed by atoms with Crippen LogP contribution in [0.5, 0.6) is 0 Å². The molecule has 0 aliphatic rings. The predicted molar refractivity (Wildman–Crippen MR) is 99.0 cm³/mol. The molecule has 2 N–H and O–H groups in total. The lowest BCUT2D eigenvalue weighted by atomic mass is 9.93. The van der Waals surface area contributed by atoms with Gasteiger partial charge in [-0.15, -0.1) is 0 Å². The molecule has 0 bridgehead atoms. The van der Waals surface area contributed by atoms with Gasteiger partial charge in [0.2, 0.25) is 0 Å². The first-order valence-corrected chi connectivity index (χ1v) is 8.09. The van der Waals surface area contributed by atoms with E-state index in [1.54, 1.807) is 30.3 Å². The van der Waals surface area contributed by atoms with Gasteiger partial charge in [0.15, 0.2) is 0 Å².